The van der Waals surface area contributed by atoms with Crippen molar-refractivity contribution in [3.63, 3.8) is 0 Å². The number of alkyl halides is 1. The zero-order valence-electron chi connectivity index (χ0n) is 9.57. The quantitative estimate of drug-likeness (QED) is 0.837. The molecule has 0 aliphatic rings. The normalized spacial score (nSPS) is 11.1. The fraction of sp³-hybridized carbons (Fsp3) is 0.556. The van der Waals surface area contributed by atoms with Crippen LogP contribution in [-0.2, 0) is 0 Å². The summed E-state index contributed by atoms with van der Waals surface area (Å²) in [5.41, 5.74) is 5.41. The van der Waals surface area contributed by atoms with Gasteiger partial charge in [0, 0.05) is 13.8 Å². The number of hydrogen-bond donors (Lipinski definition) is 1. The molecule has 0 aliphatic carbocycles. The van der Waals surface area contributed by atoms with Gasteiger partial charge in [-0.05, 0) is 0 Å². The van der Waals surface area contributed by atoms with Crippen molar-refractivity contribution in [1.82, 2.24) is 9.97 Å². The molecule has 0 amide bonds. The average Bonchev–Trinajstić information content (AvgIpc) is 2.18. The van der Waals surface area contributed by atoms with E-state index in [4.69, 9.17) is 19.9 Å². The van der Waals surface area contributed by atoms with Gasteiger partial charge >= 0.3 is 0 Å². The number of anilines is 1. The minimum atomic E-state index is -1.90. The molecule has 0 unspecified atom stereocenters. The van der Waals surface area contributed by atoms with Gasteiger partial charge in [-0.1, -0.05) is 0 Å². The minimum absolute atomic E-state index is 0.0216. The highest BCUT2D eigenvalue weighted by Gasteiger charge is 2.25. The van der Waals surface area contributed by atoms with Gasteiger partial charge in [0.15, 0.2) is 0 Å². The topological polar surface area (TPSA) is 79.5 Å². The van der Waals surface area contributed by atoms with E-state index in [0.717, 1.165) is 0 Å². The van der Waals surface area contributed by atoms with Crippen LogP contribution in [0.3, 0.4) is 0 Å². The second-order valence-corrected chi connectivity index (χ2v) is 3.39. The Balaban J connectivity index is 3.22. The second kappa shape index (κ2) is 4.38. The molecule has 90 valence electrons. The molecule has 0 radical (unpaired) electrons. The Labute approximate surface area is 92.5 Å². The maximum absolute atomic E-state index is 13.4. The monoisotopic (exact) mass is 231 g/mol. The molecule has 1 aromatic rings. The number of ether oxygens (including phenoxy) is 3. The molecule has 0 aromatic carbocycles. The number of nitrogens with two attached hydrogens (primary N) is 1. The first kappa shape index (κ1) is 12.3. The van der Waals surface area contributed by atoms with Gasteiger partial charge in [0.05, 0.1) is 14.2 Å². The van der Waals surface area contributed by atoms with Crippen LogP contribution in [0.15, 0.2) is 0 Å². The number of nitrogen functional groups attached to an aromatic ring is 1. The van der Waals surface area contributed by atoms with E-state index in [-0.39, 0.29) is 23.5 Å². The Morgan fingerprint density at radius 2 is 1.56 bits per heavy atom. The van der Waals surface area contributed by atoms with Gasteiger partial charge in [0.2, 0.25) is 17.6 Å². The van der Waals surface area contributed by atoms with Crippen LogP contribution in [0.2, 0.25) is 0 Å². The van der Waals surface area contributed by atoms with Crippen molar-refractivity contribution in [3.05, 3.63) is 0 Å². The molecule has 0 saturated heterocycles. The zero-order valence-corrected chi connectivity index (χ0v) is 9.57. The van der Waals surface area contributed by atoms with Gasteiger partial charge in [-0.25, -0.2) is 0 Å². The van der Waals surface area contributed by atoms with E-state index in [9.17, 15) is 4.39 Å². The molecule has 6 nitrogen and oxygen atoms in total. The highest BCUT2D eigenvalue weighted by atomic mass is 19.2. The lowest BCUT2D eigenvalue weighted by molar-refractivity contribution is -0.0302. The van der Waals surface area contributed by atoms with Crippen LogP contribution in [0, 0.1) is 0 Å². The first-order valence-corrected chi connectivity index (χ1v) is 4.51. The molecule has 1 aromatic heterocycles. The number of methoxy groups -OCH3 is 2. The van der Waals surface area contributed by atoms with Crippen LogP contribution in [-0.4, -0.2) is 30.0 Å². The Morgan fingerprint density at radius 3 is 1.88 bits per heavy atom. The zero-order chi connectivity index (χ0) is 12.3. The molecule has 0 aliphatic heterocycles. The SMILES string of the molecule is COc1nc(N)nc(OC)c1OC(C)(C)F. The van der Waals surface area contributed by atoms with E-state index < -0.39 is 5.85 Å². The largest absolute Gasteiger partial charge is 0.478 e. The molecule has 0 fully saturated rings. The standard InChI is InChI=1S/C9H14FN3O3/c1-9(2,10)16-5-6(14-3)12-8(11)13-7(5)15-4/h1-4H3,(H2,11,12,13). The fourth-order valence-electron chi connectivity index (χ4n) is 1.03. The molecule has 1 rings (SSSR count). The predicted octanol–water partition coefficient (Wildman–Crippen LogP) is 1.16. The van der Waals surface area contributed by atoms with E-state index in [1.54, 1.807) is 0 Å². The van der Waals surface area contributed by atoms with Crippen molar-refractivity contribution >= 4 is 5.95 Å². The van der Waals surface area contributed by atoms with Crippen molar-refractivity contribution in [2.75, 3.05) is 20.0 Å². The Morgan fingerprint density at radius 1 is 1.12 bits per heavy atom. The minimum Gasteiger partial charge on any atom is -0.478 e. The first-order chi connectivity index (χ1) is 7.37. The van der Waals surface area contributed by atoms with Gasteiger partial charge in [-0.3, -0.25) is 0 Å². The van der Waals surface area contributed by atoms with Crippen LogP contribution >= 0.6 is 0 Å². The fourth-order valence-corrected chi connectivity index (χ4v) is 1.03. The van der Waals surface area contributed by atoms with Gasteiger partial charge in [0.25, 0.3) is 11.8 Å². The number of halogens is 1. The average molecular weight is 231 g/mol. The molecule has 16 heavy (non-hydrogen) atoms. The molecular formula is C9H14FN3O3. The van der Waals surface area contributed by atoms with Gasteiger partial charge in [-0.2, -0.15) is 14.4 Å². The number of rotatable bonds is 4. The molecule has 0 saturated carbocycles. The second-order valence-electron chi connectivity index (χ2n) is 3.39. The van der Waals surface area contributed by atoms with Crippen molar-refractivity contribution in [2.24, 2.45) is 0 Å². The maximum Gasteiger partial charge on any atom is 0.266 e. The lowest BCUT2D eigenvalue weighted by atomic mass is 10.4. The van der Waals surface area contributed by atoms with Crippen LogP contribution < -0.4 is 19.9 Å². The van der Waals surface area contributed by atoms with E-state index >= 15 is 0 Å². The third-order valence-corrected chi connectivity index (χ3v) is 1.55. The molecule has 0 spiro atoms. The summed E-state index contributed by atoms with van der Waals surface area (Å²) in [7, 11) is 2.72. The lowest BCUT2D eigenvalue weighted by Gasteiger charge is -2.19. The summed E-state index contributed by atoms with van der Waals surface area (Å²) in [5.74, 6) is -1.92. The smallest absolute Gasteiger partial charge is 0.266 e. The third kappa shape index (κ3) is 2.85. The maximum atomic E-state index is 13.4. The molecule has 1 heterocycles. The Hall–Kier alpha value is -1.79. The van der Waals surface area contributed by atoms with Crippen LogP contribution in [0.4, 0.5) is 10.3 Å². The number of hydrogen-bond acceptors (Lipinski definition) is 6. The van der Waals surface area contributed by atoms with E-state index in [1.807, 2.05) is 0 Å². The summed E-state index contributed by atoms with van der Waals surface area (Å²) in [5, 5.41) is 0. The summed E-state index contributed by atoms with van der Waals surface area (Å²) in [6.45, 7) is 2.48. The van der Waals surface area contributed by atoms with E-state index in [0.29, 0.717) is 0 Å². The number of aromatic nitrogens is 2. The van der Waals surface area contributed by atoms with Crippen molar-refractivity contribution in [2.45, 2.75) is 19.7 Å². The Kier molecular flexibility index (Phi) is 3.36. The summed E-state index contributed by atoms with van der Waals surface area (Å²) in [4.78, 5) is 7.51. The third-order valence-electron chi connectivity index (χ3n) is 1.55. The van der Waals surface area contributed by atoms with Crippen molar-refractivity contribution < 1.29 is 18.6 Å². The van der Waals surface area contributed by atoms with E-state index in [1.165, 1.54) is 28.1 Å². The van der Waals surface area contributed by atoms with Gasteiger partial charge in [-0.15, -0.1) is 0 Å². The molecule has 0 atom stereocenters. The summed E-state index contributed by atoms with van der Waals surface area (Å²) in [6, 6.07) is 0. The Bertz CT molecular complexity index is 354. The summed E-state index contributed by atoms with van der Waals surface area (Å²) in [6.07, 6.45) is 0. The highest BCUT2D eigenvalue weighted by Crippen LogP contribution is 2.37. The summed E-state index contributed by atoms with van der Waals surface area (Å²) >= 11 is 0. The van der Waals surface area contributed by atoms with Gasteiger partial charge < -0.3 is 19.9 Å². The molecule has 0 bridgehead atoms. The number of nitrogens with zero attached hydrogens (tertiary/aromatic N) is 2. The van der Waals surface area contributed by atoms with E-state index in [2.05, 4.69) is 9.97 Å². The lowest BCUT2D eigenvalue weighted by Crippen LogP contribution is -2.22. The van der Waals surface area contributed by atoms with Crippen molar-refractivity contribution in [1.29, 1.82) is 0 Å². The molecular weight excluding hydrogens is 217 g/mol. The van der Waals surface area contributed by atoms with Crippen LogP contribution in [0.1, 0.15) is 13.8 Å². The van der Waals surface area contributed by atoms with Crippen molar-refractivity contribution in [3.8, 4) is 17.5 Å². The molecule has 2 N–H and O–H groups in total. The molecule has 7 heteroatoms. The first-order valence-electron chi connectivity index (χ1n) is 4.51. The predicted molar refractivity (Wildman–Crippen MR) is 55.4 cm³/mol. The highest BCUT2D eigenvalue weighted by molar-refractivity contribution is 5.46. The van der Waals surface area contributed by atoms with Crippen LogP contribution in [0.25, 0.3) is 0 Å². The van der Waals surface area contributed by atoms with Crippen LogP contribution in [0.5, 0.6) is 17.5 Å². The van der Waals surface area contributed by atoms with Gasteiger partial charge in [0.1, 0.15) is 0 Å². The summed E-state index contributed by atoms with van der Waals surface area (Å²) < 4.78 is 28.2.